The Labute approximate surface area is 127 Å². The molecule has 0 aliphatic heterocycles. The molecule has 0 radical (unpaired) electrons. The predicted molar refractivity (Wildman–Crippen MR) is 82.2 cm³/mol. The third kappa shape index (κ3) is 3.38. The number of rotatable bonds is 4. The van der Waals surface area contributed by atoms with Crippen LogP contribution in [-0.4, -0.2) is 0 Å². The normalized spacial score (nSPS) is 11.7. The van der Waals surface area contributed by atoms with Crippen molar-refractivity contribution in [2.75, 3.05) is 0 Å². The summed E-state index contributed by atoms with van der Waals surface area (Å²) in [5.74, 6) is 0.746. The molecular weight excluding hydrogens is 316 g/mol. The SMILES string of the molecule is CC(N)c1cc(Br)ccc1OCc1ccccc1C#N. The van der Waals surface area contributed by atoms with Crippen LogP contribution >= 0.6 is 15.9 Å². The highest BCUT2D eigenvalue weighted by atomic mass is 79.9. The molecule has 0 spiro atoms. The second-order valence-electron chi connectivity index (χ2n) is 4.53. The summed E-state index contributed by atoms with van der Waals surface area (Å²) in [6, 6.07) is 15.2. The molecule has 1 unspecified atom stereocenters. The van der Waals surface area contributed by atoms with E-state index in [1.807, 2.05) is 43.3 Å². The van der Waals surface area contributed by atoms with Crippen molar-refractivity contribution in [1.29, 1.82) is 5.26 Å². The van der Waals surface area contributed by atoms with Crippen molar-refractivity contribution in [2.24, 2.45) is 5.73 Å². The van der Waals surface area contributed by atoms with Gasteiger partial charge in [0.1, 0.15) is 12.4 Å². The highest BCUT2D eigenvalue weighted by molar-refractivity contribution is 9.10. The Kier molecular flexibility index (Phi) is 4.78. The predicted octanol–water partition coefficient (Wildman–Crippen LogP) is 3.92. The van der Waals surface area contributed by atoms with Crippen LogP contribution < -0.4 is 10.5 Å². The summed E-state index contributed by atoms with van der Waals surface area (Å²) >= 11 is 3.43. The number of halogens is 1. The molecule has 2 N–H and O–H groups in total. The molecule has 0 bridgehead atoms. The van der Waals surface area contributed by atoms with E-state index >= 15 is 0 Å². The lowest BCUT2D eigenvalue weighted by Gasteiger charge is -2.15. The van der Waals surface area contributed by atoms with Gasteiger partial charge in [-0.3, -0.25) is 0 Å². The molecule has 0 aromatic heterocycles. The summed E-state index contributed by atoms with van der Waals surface area (Å²) in [6.45, 7) is 2.27. The molecule has 102 valence electrons. The van der Waals surface area contributed by atoms with Crippen molar-refractivity contribution < 1.29 is 4.74 Å². The molecule has 0 heterocycles. The lowest BCUT2D eigenvalue weighted by atomic mass is 10.1. The Morgan fingerprint density at radius 3 is 2.75 bits per heavy atom. The van der Waals surface area contributed by atoms with Gasteiger partial charge in [0.2, 0.25) is 0 Å². The summed E-state index contributed by atoms with van der Waals surface area (Å²) < 4.78 is 6.80. The van der Waals surface area contributed by atoms with E-state index < -0.39 is 0 Å². The number of hydrogen-bond donors (Lipinski definition) is 1. The Balaban J connectivity index is 2.21. The van der Waals surface area contributed by atoms with Gasteiger partial charge in [-0.25, -0.2) is 0 Å². The van der Waals surface area contributed by atoms with Gasteiger partial charge in [0.05, 0.1) is 11.6 Å². The molecule has 3 nitrogen and oxygen atoms in total. The smallest absolute Gasteiger partial charge is 0.124 e. The maximum absolute atomic E-state index is 9.06. The quantitative estimate of drug-likeness (QED) is 0.924. The van der Waals surface area contributed by atoms with Gasteiger partial charge in [0.15, 0.2) is 0 Å². The maximum atomic E-state index is 9.06. The van der Waals surface area contributed by atoms with Crippen LogP contribution in [0.4, 0.5) is 0 Å². The second-order valence-corrected chi connectivity index (χ2v) is 5.44. The number of ether oxygens (including phenoxy) is 1. The third-order valence-corrected chi connectivity index (χ3v) is 3.48. The van der Waals surface area contributed by atoms with Crippen molar-refractivity contribution in [2.45, 2.75) is 19.6 Å². The van der Waals surface area contributed by atoms with Gasteiger partial charge < -0.3 is 10.5 Å². The molecule has 4 heteroatoms. The van der Waals surface area contributed by atoms with Crippen LogP contribution in [0.2, 0.25) is 0 Å². The molecule has 0 amide bonds. The Bertz CT molecular complexity index is 647. The van der Waals surface area contributed by atoms with E-state index in [4.69, 9.17) is 15.7 Å². The molecule has 2 aromatic rings. The summed E-state index contributed by atoms with van der Waals surface area (Å²) in [6.07, 6.45) is 0. The minimum atomic E-state index is -0.117. The van der Waals surface area contributed by atoms with Crippen molar-refractivity contribution in [1.82, 2.24) is 0 Å². The van der Waals surface area contributed by atoms with Crippen molar-refractivity contribution in [3.05, 3.63) is 63.6 Å². The molecule has 0 saturated heterocycles. The molecule has 2 aromatic carbocycles. The molecule has 20 heavy (non-hydrogen) atoms. The lowest BCUT2D eigenvalue weighted by molar-refractivity contribution is 0.301. The van der Waals surface area contributed by atoms with Crippen LogP contribution in [0, 0.1) is 11.3 Å². The van der Waals surface area contributed by atoms with E-state index in [1.165, 1.54) is 0 Å². The first kappa shape index (κ1) is 14.6. The first-order valence-corrected chi connectivity index (χ1v) is 7.07. The minimum absolute atomic E-state index is 0.117. The van der Waals surface area contributed by atoms with Gasteiger partial charge in [-0.15, -0.1) is 0 Å². The zero-order chi connectivity index (χ0) is 14.5. The number of benzene rings is 2. The fraction of sp³-hybridized carbons (Fsp3) is 0.188. The molecule has 0 fully saturated rings. The average Bonchev–Trinajstić information content (AvgIpc) is 2.46. The van der Waals surface area contributed by atoms with Crippen LogP contribution in [0.25, 0.3) is 0 Å². The zero-order valence-corrected chi connectivity index (χ0v) is 12.7. The summed E-state index contributed by atoms with van der Waals surface area (Å²) in [7, 11) is 0. The monoisotopic (exact) mass is 330 g/mol. The number of nitrogens with zero attached hydrogens (tertiary/aromatic N) is 1. The highest BCUT2D eigenvalue weighted by Crippen LogP contribution is 2.28. The van der Waals surface area contributed by atoms with Crippen molar-refractivity contribution >= 4 is 15.9 Å². The van der Waals surface area contributed by atoms with Crippen LogP contribution in [0.1, 0.15) is 29.7 Å². The van der Waals surface area contributed by atoms with Crippen LogP contribution in [0.5, 0.6) is 5.75 Å². The molecule has 0 aliphatic carbocycles. The zero-order valence-electron chi connectivity index (χ0n) is 11.1. The summed E-state index contributed by atoms with van der Waals surface area (Å²) in [5.41, 5.74) is 8.39. The summed E-state index contributed by atoms with van der Waals surface area (Å²) in [5, 5.41) is 9.06. The number of nitriles is 1. The van der Waals surface area contributed by atoms with Crippen LogP contribution in [0.3, 0.4) is 0 Å². The minimum Gasteiger partial charge on any atom is -0.489 e. The van der Waals surface area contributed by atoms with Gasteiger partial charge in [-0.2, -0.15) is 5.26 Å². The first-order chi connectivity index (χ1) is 9.61. The number of hydrogen-bond acceptors (Lipinski definition) is 3. The molecule has 0 saturated carbocycles. The topological polar surface area (TPSA) is 59.0 Å². The molecular formula is C16H15BrN2O. The van der Waals surface area contributed by atoms with Gasteiger partial charge in [-0.1, -0.05) is 34.1 Å². The largest absolute Gasteiger partial charge is 0.489 e. The number of nitrogens with two attached hydrogens (primary N) is 1. The van der Waals surface area contributed by atoms with E-state index in [0.29, 0.717) is 12.2 Å². The van der Waals surface area contributed by atoms with Gasteiger partial charge in [0.25, 0.3) is 0 Å². The fourth-order valence-electron chi connectivity index (χ4n) is 1.92. The Hall–Kier alpha value is -1.83. The molecule has 2 rings (SSSR count). The van der Waals surface area contributed by atoms with E-state index in [1.54, 1.807) is 6.07 Å². The van der Waals surface area contributed by atoms with Gasteiger partial charge in [0, 0.05) is 21.6 Å². The van der Waals surface area contributed by atoms with E-state index in [-0.39, 0.29) is 6.04 Å². The van der Waals surface area contributed by atoms with Crippen LogP contribution in [0.15, 0.2) is 46.9 Å². The molecule has 0 aliphatic rings. The third-order valence-electron chi connectivity index (χ3n) is 2.98. The standard InChI is InChI=1S/C16H15BrN2O/c1-11(19)15-8-14(17)6-7-16(15)20-10-13-5-3-2-4-12(13)9-18/h2-8,11H,10,19H2,1H3. The Morgan fingerprint density at radius 2 is 2.05 bits per heavy atom. The van der Waals surface area contributed by atoms with E-state index in [0.717, 1.165) is 21.3 Å². The first-order valence-electron chi connectivity index (χ1n) is 6.27. The van der Waals surface area contributed by atoms with Crippen LogP contribution in [-0.2, 0) is 6.61 Å². The van der Waals surface area contributed by atoms with E-state index in [2.05, 4.69) is 22.0 Å². The average molecular weight is 331 g/mol. The fourth-order valence-corrected chi connectivity index (χ4v) is 2.30. The van der Waals surface area contributed by atoms with Crippen molar-refractivity contribution in [3.8, 4) is 11.8 Å². The van der Waals surface area contributed by atoms with Gasteiger partial charge in [-0.05, 0) is 31.2 Å². The van der Waals surface area contributed by atoms with E-state index in [9.17, 15) is 0 Å². The molecule has 1 atom stereocenters. The maximum Gasteiger partial charge on any atom is 0.124 e. The highest BCUT2D eigenvalue weighted by Gasteiger charge is 2.10. The van der Waals surface area contributed by atoms with Crippen molar-refractivity contribution in [3.63, 3.8) is 0 Å². The second kappa shape index (κ2) is 6.56. The Morgan fingerprint density at radius 1 is 1.30 bits per heavy atom. The summed E-state index contributed by atoms with van der Waals surface area (Å²) in [4.78, 5) is 0. The van der Waals surface area contributed by atoms with Gasteiger partial charge >= 0.3 is 0 Å². The lowest BCUT2D eigenvalue weighted by Crippen LogP contribution is -2.08.